The maximum absolute atomic E-state index is 7.94. The second-order valence-corrected chi connectivity index (χ2v) is 11.3. The summed E-state index contributed by atoms with van der Waals surface area (Å²) in [6.07, 6.45) is 18.3. The highest BCUT2D eigenvalue weighted by molar-refractivity contribution is 6.24. The van der Waals surface area contributed by atoms with Gasteiger partial charge in [0.15, 0.2) is 0 Å². The molecule has 23 heavy (non-hydrogen) atoms. The Hall–Kier alpha value is 0.290. The zero-order chi connectivity index (χ0) is 15.2. The van der Waals surface area contributed by atoms with Crippen LogP contribution >= 0.6 is 11.6 Å². The van der Waals surface area contributed by atoms with Gasteiger partial charge in [-0.2, -0.15) is 0 Å². The highest BCUT2D eigenvalue weighted by atomic mass is 35.5. The van der Waals surface area contributed by atoms with E-state index < -0.39 is 0 Å². The topological polar surface area (TPSA) is 0 Å². The molecule has 0 spiro atoms. The Bertz CT molecular complexity index is 429. The maximum atomic E-state index is 7.94. The zero-order valence-corrected chi connectivity index (χ0v) is 15.3. The van der Waals surface area contributed by atoms with Crippen LogP contribution in [0, 0.1) is 53.3 Å². The molecule has 0 aromatic rings. The molecule has 6 fully saturated rings. The number of hydrogen-bond acceptors (Lipinski definition) is 0. The Morgan fingerprint density at radius 3 is 1.04 bits per heavy atom. The van der Waals surface area contributed by atoms with Gasteiger partial charge in [-0.05, 0) is 111 Å². The molecule has 6 aliphatic rings. The van der Waals surface area contributed by atoms with E-state index in [0.717, 1.165) is 53.3 Å². The van der Waals surface area contributed by atoms with Crippen LogP contribution in [0.1, 0.15) is 77.0 Å². The minimum Gasteiger partial charge on any atom is -0.118 e. The van der Waals surface area contributed by atoms with E-state index in [1.54, 1.807) is 19.3 Å². The predicted octanol–water partition coefficient (Wildman–Crippen LogP) is 6.27. The summed E-state index contributed by atoms with van der Waals surface area (Å²) in [6, 6.07) is 0. The molecule has 0 radical (unpaired) electrons. The van der Waals surface area contributed by atoms with Crippen molar-refractivity contribution in [2.75, 3.05) is 0 Å². The number of alkyl halides is 1. The van der Waals surface area contributed by atoms with Crippen LogP contribution in [0.25, 0.3) is 0 Å². The summed E-state index contributed by atoms with van der Waals surface area (Å²) in [5, 5.41) is 0. The van der Waals surface area contributed by atoms with E-state index in [-0.39, 0.29) is 4.87 Å². The van der Waals surface area contributed by atoms with Crippen LogP contribution in [-0.2, 0) is 0 Å². The van der Waals surface area contributed by atoms with Gasteiger partial charge in [-0.25, -0.2) is 0 Å². The fourth-order valence-electron chi connectivity index (χ4n) is 9.18. The van der Waals surface area contributed by atoms with Crippen LogP contribution in [0.3, 0.4) is 0 Å². The van der Waals surface area contributed by atoms with Crippen molar-refractivity contribution >= 4 is 11.6 Å². The van der Waals surface area contributed by atoms with Crippen molar-refractivity contribution in [2.45, 2.75) is 81.9 Å². The smallest absolute Gasteiger partial charge is 0.0539 e. The Balaban J connectivity index is 1.38. The van der Waals surface area contributed by atoms with E-state index in [4.69, 9.17) is 11.6 Å². The highest BCUT2D eigenvalue weighted by Crippen LogP contribution is 2.68. The van der Waals surface area contributed by atoms with Crippen LogP contribution in [0.5, 0.6) is 0 Å². The molecule has 0 N–H and O–H groups in total. The summed E-state index contributed by atoms with van der Waals surface area (Å²) >= 11 is 7.94. The van der Waals surface area contributed by atoms with Crippen LogP contribution in [0.2, 0.25) is 0 Å². The Morgan fingerprint density at radius 1 is 0.478 bits per heavy atom. The molecule has 0 amide bonds. The summed E-state index contributed by atoms with van der Waals surface area (Å²) in [6.45, 7) is 0. The Morgan fingerprint density at radius 2 is 0.826 bits per heavy atom. The van der Waals surface area contributed by atoms with Gasteiger partial charge in [0.1, 0.15) is 0 Å². The first kappa shape index (κ1) is 14.5. The quantitative estimate of drug-likeness (QED) is 0.534. The number of rotatable bonds is 3. The molecule has 128 valence electrons. The normalized spacial score (nSPS) is 59.1. The fourth-order valence-corrected chi connectivity index (χ4v) is 9.99. The average Bonchev–Trinajstić information content (AvgIpc) is 3.40. The van der Waals surface area contributed by atoms with E-state index in [9.17, 15) is 0 Å². The first-order valence-corrected chi connectivity index (χ1v) is 11.3. The van der Waals surface area contributed by atoms with Gasteiger partial charge in [-0.3, -0.25) is 0 Å². The number of halogens is 1. The van der Waals surface area contributed by atoms with E-state index in [1.807, 2.05) is 0 Å². The molecule has 0 heterocycles. The van der Waals surface area contributed by atoms with Gasteiger partial charge < -0.3 is 0 Å². The summed E-state index contributed by atoms with van der Waals surface area (Å²) in [7, 11) is 0. The van der Waals surface area contributed by atoms with Crippen molar-refractivity contribution in [3.63, 3.8) is 0 Å². The van der Waals surface area contributed by atoms with Crippen LogP contribution < -0.4 is 0 Å². The largest absolute Gasteiger partial charge is 0.118 e. The number of hydrogen-bond donors (Lipinski definition) is 0. The summed E-state index contributed by atoms with van der Waals surface area (Å²) in [5.74, 6) is 8.90. The molecule has 0 aromatic heterocycles. The van der Waals surface area contributed by atoms with Gasteiger partial charge in [-0.1, -0.05) is 19.3 Å². The molecule has 6 rings (SSSR count). The molecule has 6 aliphatic carbocycles. The maximum Gasteiger partial charge on any atom is 0.0539 e. The van der Waals surface area contributed by atoms with Gasteiger partial charge in [0, 0.05) is 0 Å². The molecule has 6 saturated carbocycles. The third-order valence-corrected chi connectivity index (χ3v) is 10.8. The van der Waals surface area contributed by atoms with Crippen molar-refractivity contribution in [3.05, 3.63) is 0 Å². The number of fused-ring (bicyclic) bond motifs is 6. The molecule has 9 unspecified atom stereocenters. The summed E-state index contributed by atoms with van der Waals surface area (Å²) in [5.41, 5.74) is 0. The first-order valence-electron chi connectivity index (χ1n) is 10.9. The molecule has 9 atom stereocenters. The lowest BCUT2D eigenvalue weighted by molar-refractivity contribution is 0.0671. The standard InChI is InChI=1S/C22H33Cl/c23-22(19-10-13-1-4-16(19)7-13,20-11-14-2-5-17(20)8-14)21-12-15-3-6-18(21)9-15/h13-21H,1-12H2. The predicted molar refractivity (Wildman–Crippen MR) is 95.4 cm³/mol. The lowest BCUT2D eigenvalue weighted by Crippen LogP contribution is -2.51. The Kier molecular flexibility index (Phi) is 3.10. The van der Waals surface area contributed by atoms with Crippen LogP contribution in [0.15, 0.2) is 0 Å². The highest BCUT2D eigenvalue weighted by Gasteiger charge is 2.63. The summed E-state index contributed by atoms with van der Waals surface area (Å²) < 4.78 is 0. The van der Waals surface area contributed by atoms with E-state index in [0.29, 0.717) is 0 Å². The van der Waals surface area contributed by atoms with Gasteiger partial charge in [0.2, 0.25) is 0 Å². The lowest BCUT2D eigenvalue weighted by Gasteiger charge is -2.51. The van der Waals surface area contributed by atoms with Crippen LogP contribution in [0.4, 0.5) is 0 Å². The molecule has 1 heteroatoms. The minimum atomic E-state index is 0.222. The zero-order valence-electron chi connectivity index (χ0n) is 14.6. The minimum absolute atomic E-state index is 0.222. The van der Waals surface area contributed by atoms with E-state index in [1.165, 1.54) is 57.8 Å². The van der Waals surface area contributed by atoms with Gasteiger partial charge in [0.05, 0.1) is 4.87 Å². The van der Waals surface area contributed by atoms with Gasteiger partial charge in [0.25, 0.3) is 0 Å². The monoisotopic (exact) mass is 332 g/mol. The molecule has 0 aliphatic heterocycles. The molecule has 0 saturated heterocycles. The van der Waals surface area contributed by atoms with E-state index in [2.05, 4.69) is 0 Å². The second kappa shape index (κ2) is 4.93. The second-order valence-electron chi connectivity index (χ2n) is 10.7. The summed E-state index contributed by atoms with van der Waals surface area (Å²) in [4.78, 5) is 0.222. The lowest BCUT2D eigenvalue weighted by atomic mass is 9.60. The average molecular weight is 333 g/mol. The SMILES string of the molecule is ClC(C1CC2CCC1C2)(C1CC2CCC1C2)C1CC2CCC1C2. The van der Waals surface area contributed by atoms with Gasteiger partial charge >= 0.3 is 0 Å². The van der Waals surface area contributed by atoms with Crippen molar-refractivity contribution in [1.82, 2.24) is 0 Å². The molecule has 6 bridgehead atoms. The fraction of sp³-hybridized carbons (Fsp3) is 1.00. The molecular formula is C22H33Cl. The third kappa shape index (κ3) is 1.91. The van der Waals surface area contributed by atoms with Crippen molar-refractivity contribution in [1.29, 1.82) is 0 Å². The molecule has 0 nitrogen and oxygen atoms in total. The van der Waals surface area contributed by atoms with E-state index >= 15 is 0 Å². The van der Waals surface area contributed by atoms with Crippen molar-refractivity contribution in [2.24, 2.45) is 53.3 Å². The first-order chi connectivity index (χ1) is 11.2. The van der Waals surface area contributed by atoms with Crippen LogP contribution in [-0.4, -0.2) is 4.87 Å². The Labute approximate surface area is 147 Å². The van der Waals surface area contributed by atoms with Crippen molar-refractivity contribution < 1.29 is 0 Å². The van der Waals surface area contributed by atoms with Crippen molar-refractivity contribution in [3.8, 4) is 0 Å². The third-order valence-electron chi connectivity index (χ3n) is 9.92. The molecular weight excluding hydrogens is 300 g/mol. The van der Waals surface area contributed by atoms with Gasteiger partial charge in [-0.15, -0.1) is 11.6 Å². The molecule has 0 aromatic carbocycles.